The maximum absolute atomic E-state index is 13.4. The van der Waals surface area contributed by atoms with Gasteiger partial charge in [0, 0.05) is 24.5 Å². The van der Waals surface area contributed by atoms with Crippen molar-refractivity contribution in [1.29, 1.82) is 0 Å². The van der Waals surface area contributed by atoms with Gasteiger partial charge in [-0.1, -0.05) is 6.07 Å². The smallest absolute Gasteiger partial charge is 0.337 e. The maximum Gasteiger partial charge on any atom is 0.337 e. The molecule has 1 aliphatic rings. The molecule has 0 aliphatic heterocycles. The van der Waals surface area contributed by atoms with Gasteiger partial charge in [-0.2, -0.15) is 0 Å². The normalized spacial score (nSPS) is 12.5. The molecule has 0 saturated heterocycles. The summed E-state index contributed by atoms with van der Waals surface area (Å²) >= 11 is 0. The Morgan fingerprint density at radius 3 is 2.37 bits per heavy atom. The third-order valence-electron chi connectivity index (χ3n) is 5.68. The molecule has 1 aliphatic carbocycles. The highest BCUT2D eigenvalue weighted by Gasteiger charge is 2.26. The van der Waals surface area contributed by atoms with Gasteiger partial charge in [0.1, 0.15) is 11.6 Å². The molecule has 38 heavy (non-hydrogen) atoms. The topological polar surface area (TPSA) is 151 Å². The molecular formula is C26H22FN7O4. The van der Waals surface area contributed by atoms with E-state index in [1.807, 2.05) is 0 Å². The number of pyridine rings is 2. The lowest BCUT2D eigenvalue weighted by molar-refractivity contribution is 0.0696. The first kappa shape index (κ1) is 24.6. The summed E-state index contributed by atoms with van der Waals surface area (Å²) in [6.45, 7) is 0. The van der Waals surface area contributed by atoms with E-state index in [-0.39, 0.29) is 23.3 Å². The van der Waals surface area contributed by atoms with Crippen LogP contribution in [0.3, 0.4) is 0 Å². The molecule has 3 aromatic heterocycles. The third kappa shape index (κ3) is 5.48. The lowest BCUT2D eigenvalue weighted by Gasteiger charge is -2.17. The number of carboxylic acid groups (broad SMARTS) is 1. The van der Waals surface area contributed by atoms with Gasteiger partial charge in [0.15, 0.2) is 17.4 Å². The van der Waals surface area contributed by atoms with Crippen LogP contribution >= 0.6 is 0 Å². The van der Waals surface area contributed by atoms with Gasteiger partial charge in [-0.25, -0.2) is 29.1 Å². The first-order valence-corrected chi connectivity index (χ1v) is 11.6. The molecule has 12 heteroatoms. The molecular weight excluding hydrogens is 493 g/mol. The van der Waals surface area contributed by atoms with Crippen LogP contribution in [-0.2, 0) is 0 Å². The van der Waals surface area contributed by atoms with Gasteiger partial charge in [0.25, 0.3) is 5.91 Å². The number of nitrogens with one attached hydrogen (secondary N) is 3. The Morgan fingerprint density at radius 2 is 1.71 bits per heavy atom. The SMILES string of the molecule is COc1c(Nc2cc(Nc3ccc(C(=O)O)cn3)ncc2C(=O)NC2CC2)cccc1-c1ncc(F)cn1. The molecule has 1 amide bonds. The minimum Gasteiger partial charge on any atom is -0.494 e. The quantitative estimate of drug-likeness (QED) is 0.256. The summed E-state index contributed by atoms with van der Waals surface area (Å²) in [5.74, 6) is -0.523. The molecule has 0 unspecified atom stereocenters. The Balaban J connectivity index is 1.49. The van der Waals surface area contributed by atoms with E-state index in [4.69, 9.17) is 9.84 Å². The van der Waals surface area contributed by atoms with Crippen molar-refractivity contribution in [3.63, 3.8) is 0 Å². The molecule has 0 spiro atoms. The van der Waals surface area contributed by atoms with Gasteiger partial charge >= 0.3 is 5.97 Å². The fourth-order valence-corrected chi connectivity index (χ4v) is 3.65. The van der Waals surface area contributed by atoms with E-state index in [1.165, 1.54) is 31.6 Å². The van der Waals surface area contributed by atoms with Crippen molar-refractivity contribution in [3.05, 3.63) is 78.1 Å². The number of carbonyl (C=O) groups is 2. The number of ether oxygens (including phenoxy) is 1. The number of nitrogens with zero attached hydrogens (tertiary/aromatic N) is 4. The number of aromatic carboxylic acids is 1. The van der Waals surface area contributed by atoms with Gasteiger partial charge in [0.05, 0.1) is 47.6 Å². The van der Waals surface area contributed by atoms with Crippen molar-refractivity contribution in [2.24, 2.45) is 0 Å². The minimum atomic E-state index is -1.08. The van der Waals surface area contributed by atoms with Crippen molar-refractivity contribution < 1.29 is 23.8 Å². The number of halogens is 1. The fourth-order valence-electron chi connectivity index (χ4n) is 3.65. The van der Waals surface area contributed by atoms with E-state index in [2.05, 4.69) is 35.9 Å². The fraction of sp³-hybridized carbons (Fsp3) is 0.154. The average molecular weight is 516 g/mol. The van der Waals surface area contributed by atoms with E-state index in [9.17, 15) is 14.0 Å². The molecule has 1 fully saturated rings. The van der Waals surface area contributed by atoms with Crippen LogP contribution in [0.2, 0.25) is 0 Å². The van der Waals surface area contributed by atoms with E-state index in [1.54, 1.807) is 24.3 Å². The molecule has 4 aromatic rings. The lowest BCUT2D eigenvalue weighted by Crippen LogP contribution is -2.26. The largest absolute Gasteiger partial charge is 0.494 e. The molecule has 0 radical (unpaired) electrons. The van der Waals surface area contributed by atoms with Gasteiger partial charge in [-0.3, -0.25) is 4.79 Å². The number of para-hydroxylation sites is 1. The van der Waals surface area contributed by atoms with Crippen LogP contribution in [0.1, 0.15) is 33.6 Å². The van der Waals surface area contributed by atoms with Crippen molar-refractivity contribution in [3.8, 4) is 17.1 Å². The predicted molar refractivity (Wildman–Crippen MR) is 136 cm³/mol. The van der Waals surface area contributed by atoms with Crippen molar-refractivity contribution in [1.82, 2.24) is 25.3 Å². The van der Waals surface area contributed by atoms with Crippen LogP contribution in [0.25, 0.3) is 11.4 Å². The minimum absolute atomic E-state index is 0.0510. The van der Waals surface area contributed by atoms with Gasteiger partial charge in [-0.05, 0) is 37.1 Å². The zero-order chi connectivity index (χ0) is 26.6. The van der Waals surface area contributed by atoms with E-state index >= 15 is 0 Å². The Labute approximate surface area is 216 Å². The summed E-state index contributed by atoms with van der Waals surface area (Å²) in [6, 6.07) is 9.96. The zero-order valence-electron chi connectivity index (χ0n) is 20.1. The highest BCUT2D eigenvalue weighted by Crippen LogP contribution is 2.37. The summed E-state index contributed by atoms with van der Waals surface area (Å²) in [4.78, 5) is 40.6. The Kier molecular flexibility index (Phi) is 6.76. The Hall–Kier alpha value is -5.13. The van der Waals surface area contributed by atoms with Crippen LogP contribution in [0.5, 0.6) is 5.75 Å². The van der Waals surface area contributed by atoms with Crippen molar-refractivity contribution in [2.45, 2.75) is 18.9 Å². The molecule has 3 heterocycles. The predicted octanol–water partition coefficient (Wildman–Crippen LogP) is 4.16. The van der Waals surface area contributed by atoms with Crippen LogP contribution in [-0.4, -0.2) is 50.1 Å². The number of hydrogen-bond acceptors (Lipinski definition) is 9. The molecule has 0 atom stereocenters. The van der Waals surface area contributed by atoms with Gasteiger partial charge in [-0.15, -0.1) is 0 Å². The highest BCUT2D eigenvalue weighted by atomic mass is 19.1. The van der Waals surface area contributed by atoms with E-state index in [0.717, 1.165) is 25.2 Å². The van der Waals surface area contributed by atoms with Crippen molar-refractivity contribution >= 4 is 34.9 Å². The van der Waals surface area contributed by atoms with Crippen LogP contribution in [0, 0.1) is 5.82 Å². The summed E-state index contributed by atoms with van der Waals surface area (Å²) in [6.07, 6.45) is 6.66. The third-order valence-corrected chi connectivity index (χ3v) is 5.68. The monoisotopic (exact) mass is 515 g/mol. The number of methoxy groups -OCH3 is 1. The van der Waals surface area contributed by atoms with Crippen LogP contribution in [0.4, 0.5) is 27.4 Å². The first-order chi connectivity index (χ1) is 18.4. The van der Waals surface area contributed by atoms with E-state index < -0.39 is 11.8 Å². The molecule has 192 valence electrons. The number of carbonyl (C=O) groups excluding carboxylic acids is 1. The second-order valence-electron chi connectivity index (χ2n) is 8.46. The summed E-state index contributed by atoms with van der Waals surface area (Å²) in [5.41, 5.74) is 1.83. The number of amides is 1. The lowest BCUT2D eigenvalue weighted by atomic mass is 10.1. The number of benzene rings is 1. The van der Waals surface area contributed by atoms with Gasteiger partial charge in [0.2, 0.25) is 0 Å². The average Bonchev–Trinajstić information content (AvgIpc) is 3.73. The number of aromatic nitrogens is 4. The second-order valence-corrected chi connectivity index (χ2v) is 8.46. The van der Waals surface area contributed by atoms with Gasteiger partial charge < -0.3 is 25.8 Å². The summed E-state index contributed by atoms with van der Waals surface area (Å²) in [7, 11) is 1.49. The van der Waals surface area contributed by atoms with Crippen LogP contribution < -0.4 is 20.7 Å². The zero-order valence-corrected chi connectivity index (χ0v) is 20.1. The number of carboxylic acids is 1. The van der Waals surface area contributed by atoms with E-state index in [0.29, 0.717) is 39.9 Å². The van der Waals surface area contributed by atoms with Crippen molar-refractivity contribution in [2.75, 3.05) is 17.7 Å². The molecule has 0 bridgehead atoms. The first-order valence-electron chi connectivity index (χ1n) is 11.6. The number of anilines is 4. The summed E-state index contributed by atoms with van der Waals surface area (Å²) < 4.78 is 19.0. The molecule has 5 rings (SSSR count). The number of rotatable bonds is 9. The summed E-state index contributed by atoms with van der Waals surface area (Å²) in [5, 5.41) is 18.3. The number of hydrogen-bond donors (Lipinski definition) is 4. The molecule has 4 N–H and O–H groups in total. The highest BCUT2D eigenvalue weighted by molar-refractivity contribution is 6.01. The Bertz CT molecular complexity index is 1490. The second kappa shape index (κ2) is 10.5. The molecule has 1 saturated carbocycles. The standard InChI is InChI=1S/C26H22FN7O4/c1-38-23-17(24-30-11-15(27)12-31-24)3-2-4-19(23)33-20-9-22(29-13-18(20)25(35)32-16-6-7-16)34-21-8-5-14(10-28-21)26(36)37/h2-5,8-13,16H,6-7H2,1H3,(H,32,35)(H,36,37)(H2,28,29,33,34). The molecule has 1 aromatic carbocycles. The molecule has 11 nitrogen and oxygen atoms in total. The Morgan fingerprint density at radius 1 is 0.947 bits per heavy atom. The maximum atomic E-state index is 13.4. The van der Waals surface area contributed by atoms with Crippen LogP contribution in [0.15, 0.2) is 61.2 Å².